The van der Waals surface area contributed by atoms with Crippen molar-refractivity contribution in [2.24, 2.45) is 0 Å². The summed E-state index contributed by atoms with van der Waals surface area (Å²) in [5.74, 6) is 0. The van der Waals surface area contributed by atoms with Gasteiger partial charge in [-0.25, -0.2) is 0 Å². The Morgan fingerprint density at radius 1 is 1.62 bits per heavy atom. The molecule has 0 unspecified atom stereocenters. The minimum atomic E-state index is -0.0193. The number of rotatable bonds is 5. The molecule has 0 bridgehead atoms. The van der Waals surface area contributed by atoms with Crippen molar-refractivity contribution in [3.05, 3.63) is 20.8 Å². The average Bonchev–Trinajstić information content (AvgIpc) is 2.15. The average molecular weight is 198 g/mol. The smallest absolute Gasteiger partial charge is 0.219 e. The summed E-state index contributed by atoms with van der Waals surface area (Å²) in [5.41, 5.74) is 0.642. The van der Waals surface area contributed by atoms with E-state index in [1.54, 1.807) is 6.07 Å². The van der Waals surface area contributed by atoms with Crippen molar-refractivity contribution in [3.63, 3.8) is 0 Å². The van der Waals surface area contributed by atoms with Gasteiger partial charge in [0.25, 0.3) is 0 Å². The van der Waals surface area contributed by atoms with Crippen LogP contribution in [0.3, 0.4) is 0 Å². The molecule has 0 fully saturated rings. The fourth-order valence-corrected chi connectivity index (χ4v) is 1.22. The highest BCUT2D eigenvalue weighted by atomic mass is 32.1. The number of hydrogen-bond donors (Lipinski definition) is 1. The van der Waals surface area contributed by atoms with Crippen molar-refractivity contribution in [2.75, 3.05) is 32.0 Å². The van der Waals surface area contributed by atoms with Gasteiger partial charge in [-0.3, -0.25) is 4.79 Å². The SMILES string of the molecule is CCN(C)CCNc1cc(=S)c1=O. The molecule has 0 radical (unpaired) electrons. The highest BCUT2D eigenvalue weighted by Gasteiger charge is 2.04. The second-order valence-corrected chi connectivity index (χ2v) is 3.51. The van der Waals surface area contributed by atoms with E-state index in [4.69, 9.17) is 12.2 Å². The summed E-state index contributed by atoms with van der Waals surface area (Å²) < 4.78 is 0.436. The Hall–Kier alpha value is -0.740. The minimum absolute atomic E-state index is 0.0193. The topological polar surface area (TPSA) is 32.3 Å². The number of hydrogen-bond acceptors (Lipinski definition) is 4. The highest BCUT2D eigenvalue weighted by Crippen LogP contribution is 2.02. The van der Waals surface area contributed by atoms with Crippen LogP contribution in [-0.4, -0.2) is 31.6 Å². The van der Waals surface area contributed by atoms with E-state index in [0.29, 0.717) is 10.2 Å². The minimum Gasteiger partial charge on any atom is -0.381 e. The standard InChI is InChI=1S/C9H14N2OS/c1-3-11(2)5-4-10-7-6-8(13)9(7)12/h6,10H,3-5H2,1-2H3. The lowest BCUT2D eigenvalue weighted by Crippen LogP contribution is -2.27. The van der Waals surface area contributed by atoms with Gasteiger partial charge in [-0.05, 0) is 19.7 Å². The van der Waals surface area contributed by atoms with E-state index in [9.17, 15) is 4.79 Å². The summed E-state index contributed by atoms with van der Waals surface area (Å²) in [6.45, 7) is 4.86. The molecule has 0 aromatic heterocycles. The highest BCUT2D eigenvalue weighted by molar-refractivity contribution is 7.71. The fourth-order valence-electron chi connectivity index (χ4n) is 0.988. The quantitative estimate of drug-likeness (QED) is 0.716. The third-order valence-corrected chi connectivity index (χ3v) is 2.40. The lowest BCUT2D eigenvalue weighted by atomic mass is 10.2. The zero-order valence-electron chi connectivity index (χ0n) is 7.96. The van der Waals surface area contributed by atoms with Crippen molar-refractivity contribution < 1.29 is 0 Å². The van der Waals surface area contributed by atoms with Crippen LogP contribution in [0.1, 0.15) is 6.92 Å². The number of nitrogens with one attached hydrogen (secondary N) is 1. The van der Waals surface area contributed by atoms with Crippen LogP contribution < -0.4 is 10.7 Å². The van der Waals surface area contributed by atoms with Crippen LogP contribution in [0.25, 0.3) is 0 Å². The zero-order valence-corrected chi connectivity index (χ0v) is 8.78. The molecule has 13 heavy (non-hydrogen) atoms. The van der Waals surface area contributed by atoms with Gasteiger partial charge < -0.3 is 10.2 Å². The first-order valence-electron chi connectivity index (χ1n) is 4.38. The van der Waals surface area contributed by atoms with Gasteiger partial charge in [0.2, 0.25) is 5.43 Å². The van der Waals surface area contributed by atoms with Crippen molar-refractivity contribution >= 4 is 17.9 Å². The predicted molar refractivity (Wildman–Crippen MR) is 57.6 cm³/mol. The van der Waals surface area contributed by atoms with Crippen LogP contribution in [0.15, 0.2) is 10.9 Å². The van der Waals surface area contributed by atoms with E-state index >= 15 is 0 Å². The first kappa shape index (κ1) is 10.3. The lowest BCUT2D eigenvalue weighted by Gasteiger charge is -2.14. The van der Waals surface area contributed by atoms with Gasteiger partial charge in [-0.15, -0.1) is 0 Å². The number of anilines is 1. The molecule has 3 nitrogen and oxygen atoms in total. The number of nitrogens with zero attached hydrogens (tertiary/aromatic N) is 1. The van der Waals surface area contributed by atoms with E-state index < -0.39 is 0 Å². The molecule has 1 N–H and O–H groups in total. The molecule has 0 atom stereocenters. The second-order valence-electron chi connectivity index (χ2n) is 3.07. The molecule has 1 rings (SSSR count). The first-order valence-corrected chi connectivity index (χ1v) is 4.78. The Bertz CT molecular complexity index is 341. The molecule has 0 heterocycles. The van der Waals surface area contributed by atoms with Crippen LogP contribution in [0.4, 0.5) is 5.69 Å². The van der Waals surface area contributed by atoms with Crippen LogP contribution in [0.5, 0.6) is 0 Å². The number of likely N-dealkylation sites (N-methyl/N-ethyl adjacent to an activating group) is 1. The molecule has 1 aromatic carbocycles. The molecule has 0 spiro atoms. The summed E-state index contributed by atoms with van der Waals surface area (Å²) in [6.07, 6.45) is 0. The monoisotopic (exact) mass is 198 g/mol. The molecule has 1 aromatic rings. The largest absolute Gasteiger partial charge is 0.381 e. The summed E-state index contributed by atoms with van der Waals surface area (Å²) in [6, 6.07) is 1.71. The lowest BCUT2D eigenvalue weighted by molar-refractivity contribution is 0.367. The third-order valence-electron chi connectivity index (χ3n) is 2.09. The molecule has 0 amide bonds. The molecular weight excluding hydrogens is 184 g/mol. The van der Waals surface area contributed by atoms with E-state index in [2.05, 4.69) is 17.1 Å². The first-order chi connectivity index (χ1) is 6.15. The summed E-state index contributed by atoms with van der Waals surface area (Å²) in [5, 5.41) is 3.05. The Morgan fingerprint density at radius 3 is 2.77 bits per heavy atom. The summed E-state index contributed by atoms with van der Waals surface area (Å²) in [4.78, 5) is 13.2. The van der Waals surface area contributed by atoms with Crippen LogP contribution in [0.2, 0.25) is 0 Å². The van der Waals surface area contributed by atoms with Crippen molar-refractivity contribution in [3.8, 4) is 0 Å². The maximum absolute atomic E-state index is 11.0. The van der Waals surface area contributed by atoms with Crippen LogP contribution in [-0.2, 0) is 0 Å². The van der Waals surface area contributed by atoms with Crippen LogP contribution in [0, 0.1) is 4.51 Å². The molecule has 72 valence electrons. The zero-order chi connectivity index (χ0) is 9.84. The van der Waals surface area contributed by atoms with Crippen molar-refractivity contribution in [1.82, 2.24) is 4.90 Å². The van der Waals surface area contributed by atoms with Crippen LogP contribution >= 0.6 is 12.2 Å². The van der Waals surface area contributed by atoms with E-state index in [1.807, 2.05) is 7.05 Å². The Morgan fingerprint density at radius 2 is 2.31 bits per heavy atom. The Balaban J connectivity index is 2.26. The van der Waals surface area contributed by atoms with E-state index in [0.717, 1.165) is 19.6 Å². The van der Waals surface area contributed by atoms with Gasteiger partial charge in [-0.1, -0.05) is 19.1 Å². The van der Waals surface area contributed by atoms with Crippen molar-refractivity contribution in [1.29, 1.82) is 0 Å². The predicted octanol–water partition coefficient (Wildman–Crippen LogP) is 1.02. The molecule has 0 saturated heterocycles. The molecular formula is C9H14N2OS. The van der Waals surface area contributed by atoms with Gasteiger partial charge in [0.05, 0.1) is 10.2 Å². The second kappa shape index (κ2) is 4.48. The van der Waals surface area contributed by atoms with Gasteiger partial charge in [0.15, 0.2) is 0 Å². The molecule has 0 saturated carbocycles. The molecule has 0 aliphatic heterocycles. The van der Waals surface area contributed by atoms with Crippen molar-refractivity contribution in [2.45, 2.75) is 6.92 Å². The Labute approximate surface area is 83.1 Å². The van der Waals surface area contributed by atoms with E-state index in [-0.39, 0.29) is 5.43 Å². The maximum Gasteiger partial charge on any atom is 0.219 e. The molecule has 0 aliphatic rings. The van der Waals surface area contributed by atoms with Gasteiger partial charge in [-0.2, -0.15) is 0 Å². The molecule has 0 aliphatic carbocycles. The fraction of sp³-hybridized carbons (Fsp3) is 0.556. The maximum atomic E-state index is 11.0. The summed E-state index contributed by atoms with van der Waals surface area (Å²) in [7, 11) is 2.04. The van der Waals surface area contributed by atoms with E-state index in [1.165, 1.54) is 0 Å². The normalized spacial score (nSPS) is 11.0. The van der Waals surface area contributed by atoms with Gasteiger partial charge in [0.1, 0.15) is 0 Å². The summed E-state index contributed by atoms with van der Waals surface area (Å²) >= 11 is 4.73. The molecule has 4 heteroatoms. The Kier molecular flexibility index (Phi) is 3.57. The van der Waals surface area contributed by atoms with Gasteiger partial charge >= 0.3 is 0 Å². The third kappa shape index (κ3) is 2.60. The van der Waals surface area contributed by atoms with Gasteiger partial charge in [0, 0.05) is 13.1 Å².